The predicted octanol–water partition coefficient (Wildman–Crippen LogP) is 3.74. The number of amides is 3. The fourth-order valence-corrected chi connectivity index (χ4v) is 5.54. The smallest absolute Gasteiger partial charge is 0.256 e. The van der Waals surface area contributed by atoms with Gasteiger partial charge in [0.25, 0.3) is 11.8 Å². The van der Waals surface area contributed by atoms with E-state index in [1.807, 2.05) is 21.9 Å². The molecule has 4 aliphatic rings. The molecule has 3 aliphatic heterocycles. The maximum absolute atomic E-state index is 13.7. The zero-order chi connectivity index (χ0) is 26.1. The van der Waals surface area contributed by atoms with Gasteiger partial charge in [-0.2, -0.15) is 0 Å². The van der Waals surface area contributed by atoms with E-state index in [1.54, 1.807) is 24.3 Å². The number of piperidine rings is 1. The Morgan fingerprint density at radius 3 is 2.37 bits per heavy atom. The van der Waals surface area contributed by atoms with Gasteiger partial charge in [-0.25, -0.2) is 0 Å². The molecule has 0 bridgehead atoms. The number of rotatable bonds is 5. The summed E-state index contributed by atoms with van der Waals surface area (Å²) >= 11 is 0. The summed E-state index contributed by atoms with van der Waals surface area (Å²) in [5.74, 6) is 1.37. The van der Waals surface area contributed by atoms with Crippen LogP contribution in [0.25, 0.3) is 0 Å². The molecule has 3 heterocycles. The topological polar surface area (TPSA) is 91.4 Å². The lowest BCUT2D eigenvalue weighted by atomic mass is 10.1. The molecule has 6 rings (SSSR count). The van der Waals surface area contributed by atoms with Crippen molar-refractivity contribution in [1.29, 1.82) is 0 Å². The summed E-state index contributed by atoms with van der Waals surface area (Å²) in [6.45, 7) is 4.51. The van der Waals surface area contributed by atoms with Crippen LogP contribution >= 0.6 is 0 Å². The maximum Gasteiger partial charge on any atom is 0.256 e. The average Bonchev–Trinajstić information content (AvgIpc) is 3.74. The van der Waals surface area contributed by atoms with Crippen LogP contribution in [0.5, 0.6) is 11.5 Å². The van der Waals surface area contributed by atoms with E-state index in [0.29, 0.717) is 41.4 Å². The lowest BCUT2D eigenvalue weighted by Crippen LogP contribution is -2.38. The molecule has 9 nitrogen and oxygen atoms in total. The summed E-state index contributed by atoms with van der Waals surface area (Å²) < 4.78 is 10.7. The highest BCUT2D eigenvalue weighted by Crippen LogP contribution is 2.34. The van der Waals surface area contributed by atoms with Crippen LogP contribution in [0.1, 0.15) is 59.2 Å². The summed E-state index contributed by atoms with van der Waals surface area (Å²) in [6, 6.07) is 10.7. The van der Waals surface area contributed by atoms with Crippen molar-refractivity contribution in [3.8, 4) is 11.5 Å². The first-order valence-electron chi connectivity index (χ1n) is 13.7. The van der Waals surface area contributed by atoms with Crippen molar-refractivity contribution in [2.45, 2.75) is 38.5 Å². The van der Waals surface area contributed by atoms with Crippen LogP contribution in [0.3, 0.4) is 0 Å². The van der Waals surface area contributed by atoms with E-state index in [1.165, 1.54) is 0 Å². The molecular weight excluding hydrogens is 484 g/mol. The Labute approximate surface area is 222 Å². The number of carbonyl (C=O) groups excluding carboxylic acids is 3. The van der Waals surface area contributed by atoms with Gasteiger partial charge >= 0.3 is 0 Å². The zero-order valence-corrected chi connectivity index (χ0v) is 21.6. The number of hydrogen-bond acceptors (Lipinski definition) is 6. The van der Waals surface area contributed by atoms with Crippen molar-refractivity contribution in [2.24, 2.45) is 5.92 Å². The highest BCUT2D eigenvalue weighted by Gasteiger charge is 2.34. The van der Waals surface area contributed by atoms with Gasteiger partial charge in [-0.05, 0) is 74.9 Å². The van der Waals surface area contributed by atoms with Crippen molar-refractivity contribution in [3.05, 3.63) is 47.5 Å². The highest BCUT2D eigenvalue weighted by atomic mass is 16.7. The Kier molecular flexibility index (Phi) is 6.82. The first-order valence-corrected chi connectivity index (χ1v) is 13.7. The van der Waals surface area contributed by atoms with Crippen LogP contribution in [-0.4, -0.2) is 73.6 Å². The van der Waals surface area contributed by atoms with Gasteiger partial charge in [-0.1, -0.05) is 0 Å². The normalized spacial score (nSPS) is 19.2. The molecule has 1 N–H and O–H groups in total. The summed E-state index contributed by atoms with van der Waals surface area (Å²) in [6.07, 6.45) is 6.02. The van der Waals surface area contributed by atoms with Crippen LogP contribution in [0, 0.1) is 5.92 Å². The summed E-state index contributed by atoms with van der Waals surface area (Å²) in [5.41, 5.74) is 2.48. The van der Waals surface area contributed by atoms with Crippen molar-refractivity contribution < 1.29 is 23.9 Å². The minimum Gasteiger partial charge on any atom is -0.454 e. The summed E-state index contributed by atoms with van der Waals surface area (Å²) in [7, 11) is 0. The molecule has 0 atom stereocenters. The molecule has 1 saturated carbocycles. The van der Waals surface area contributed by atoms with Gasteiger partial charge in [0.15, 0.2) is 11.5 Å². The van der Waals surface area contributed by atoms with Crippen LogP contribution in [0.4, 0.5) is 11.4 Å². The fraction of sp³-hybridized carbons (Fsp3) is 0.483. The fourth-order valence-electron chi connectivity index (χ4n) is 5.54. The Morgan fingerprint density at radius 2 is 1.55 bits per heavy atom. The quantitative estimate of drug-likeness (QED) is 0.649. The van der Waals surface area contributed by atoms with E-state index in [-0.39, 0.29) is 30.4 Å². The van der Waals surface area contributed by atoms with Crippen LogP contribution < -0.4 is 19.7 Å². The second-order valence-electron chi connectivity index (χ2n) is 10.5. The van der Waals surface area contributed by atoms with Crippen molar-refractivity contribution >= 4 is 29.1 Å². The van der Waals surface area contributed by atoms with Gasteiger partial charge in [-0.3, -0.25) is 14.4 Å². The van der Waals surface area contributed by atoms with E-state index >= 15 is 0 Å². The first kappa shape index (κ1) is 24.6. The number of carbonyl (C=O) groups is 3. The van der Waals surface area contributed by atoms with E-state index in [9.17, 15) is 14.4 Å². The second kappa shape index (κ2) is 10.6. The largest absolute Gasteiger partial charge is 0.454 e. The molecule has 2 aromatic rings. The number of ether oxygens (including phenoxy) is 2. The van der Waals surface area contributed by atoms with E-state index in [0.717, 1.165) is 70.4 Å². The average molecular weight is 519 g/mol. The Balaban J connectivity index is 1.24. The maximum atomic E-state index is 13.7. The number of benzene rings is 2. The summed E-state index contributed by atoms with van der Waals surface area (Å²) in [4.78, 5) is 45.6. The molecule has 0 unspecified atom stereocenters. The van der Waals surface area contributed by atoms with Gasteiger partial charge in [0.2, 0.25) is 12.7 Å². The molecule has 1 aliphatic carbocycles. The third-order valence-corrected chi connectivity index (χ3v) is 7.84. The lowest BCUT2D eigenvalue weighted by Gasteiger charge is -2.30. The number of hydrogen-bond donors (Lipinski definition) is 1. The molecule has 38 heavy (non-hydrogen) atoms. The molecule has 9 heteroatoms. The van der Waals surface area contributed by atoms with Crippen molar-refractivity contribution in [3.63, 3.8) is 0 Å². The molecule has 2 aromatic carbocycles. The van der Waals surface area contributed by atoms with Crippen molar-refractivity contribution in [1.82, 2.24) is 9.80 Å². The van der Waals surface area contributed by atoms with Gasteiger partial charge in [0.05, 0.1) is 5.56 Å². The minimum atomic E-state index is -0.281. The molecule has 3 fully saturated rings. The first-order chi connectivity index (χ1) is 18.6. The van der Waals surface area contributed by atoms with Crippen LogP contribution in [-0.2, 0) is 4.79 Å². The predicted molar refractivity (Wildman–Crippen MR) is 143 cm³/mol. The van der Waals surface area contributed by atoms with E-state index in [4.69, 9.17) is 9.47 Å². The standard InChI is InChI=1S/C29H34N4O5/c34-27(21-7-10-25-26(17-21)38-19-37-25)30-22-8-9-24(23(18-22)29(36)32-11-2-1-3-12-32)31-13-4-14-33(16-15-31)28(35)20-5-6-20/h7-10,17-18,20H,1-6,11-16,19H2,(H,30,34). The number of nitrogens with one attached hydrogen (secondary N) is 1. The lowest BCUT2D eigenvalue weighted by molar-refractivity contribution is -0.132. The van der Waals surface area contributed by atoms with Gasteiger partial charge in [-0.15, -0.1) is 0 Å². The van der Waals surface area contributed by atoms with Gasteiger partial charge in [0, 0.05) is 62.1 Å². The van der Waals surface area contributed by atoms with Crippen LogP contribution in [0.2, 0.25) is 0 Å². The number of fused-ring (bicyclic) bond motifs is 1. The zero-order valence-electron chi connectivity index (χ0n) is 21.6. The van der Waals surface area contributed by atoms with E-state index in [2.05, 4.69) is 10.2 Å². The molecule has 2 saturated heterocycles. The number of nitrogens with zero attached hydrogens (tertiary/aromatic N) is 3. The Morgan fingerprint density at radius 1 is 0.763 bits per heavy atom. The van der Waals surface area contributed by atoms with Gasteiger partial charge in [0.1, 0.15) is 0 Å². The second-order valence-corrected chi connectivity index (χ2v) is 10.5. The van der Waals surface area contributed by atoms with Crippen LogP contribution in [0.15, 0.2) is 36.4 Å². The SMILES string of the molecule is O=C(Nc1ccc(N2CCCN(C(=O)C3CC3)CC2)c(C(=O)N2CCCCC2)c1)c1ccc2c(c1)OCO2. The Bertz CT molecular complexity index is 1240. The third-order valence-electron chi connectivity index (χ3n) is 7.84. The molecule has 0 spiro atoms. The monoisotopic (exact) mass is 518 g/mol. The number of likely N-dealkylation sites (tertiary alicyclic amines) is 1. The highest BCUT2D eigenvalue weighted by molar-refractivity contribution is 6.06. The van der Waals surface area contributed by atoms with Crippen molar-refractivity contribution in [2.75, 3.05) is 56.3 Å². The third kappa shape index (κ3) is 5.14. The molecule has 0 aromatic heterocycles. The minimum absolute atomic E-state index is 0.00552. The Hall–Kier alpha value is -3.75. The summed E-state index contributed by atoms with van der Waals surface area (Å²) in [5, 5.41) is 2.95. The molecule has 0 radical (unpaired) electrons. The molecule has 3 amide bonds. The van der Waals surface area contributed by atoms with E-state index < -0.39 is 0 Å². The molecular formula is C29H34N4O5. The molecule has 200 valence electrons. The number of anilines is 2. The van der Waals surface area contributed by atoms with Gasteiger partial charge < -0.3 is 29.5 Å².